The van der Waals surface area contributed by atoms with Gasteiger partial charge in [-0.05, 0) is 18.4 Å². The molecule has 0 aliphatic rings. The molecule has 5 N–H and O–H groups in total. The maximum absolute atomic E-state index is 10.0. The Morgan fingerprint density at radius 2 is 1.71 bits per heavy atom. The summed E-state index contributed by atoms with van der Waals surface area (Å²) in [4.78, 5) is 19.9. The highest BCUT2D eigenvalue weighted by Crippen LogP contribution is 1.96. The number of carbonyl (C=O) groups is 2. The third-order valence-electron chi connectivity index (χ3n) is 1.85. The first-order valence-electron chi connectivity index (χ1n) is 5.34. The summed E-state index contributed by atoms with van der Waals surface area (Å²) in [5.41, 5.74) is 5.16. The highest BCUT2D eigenvalue weighted by Gasteiger charge is 2.14. The molecule has 0 amide bonds. The van der Waals surface area contributed by atoms with E-state index in [9.17, 15) is 9.59 Å². The number of carboxylic acids is 2. The molecular formula is C11H21NO5. The highest BCUT2D eigenvalue weighted by molar-refractivity contribution is 5.83. The lowest BCUT2D eigenvalue weighted by Gasteiger charge is -2.07. The van der Waals surface area contributed by atoms with Crippen LogP contribution in [0.5, 0.6) is 0 Å². The topological polar surface area (TPSA) is 121 Å². The van der Waals surface area contributed by atoms with Crippen molar-refractivity contribution in [2.45, 2.75) is 39.7 Å². The summed E-state index contributed by atoms with van der Waals surface area (Å²) < 4.78 is 0. The standard InChI is InChI=1S/C6H10O3.C5H11NO2/c1-2-3-4-5(7)6(8)9;1-3(2)4(6)5(7)8/h4,7H,2-3H2,1H3,(H,8,9);3-4H,6H2,1-2H3,(H,7,8)/b5-4-;/t;4-/m.0/s1. The van der Waals surface area contributed by atoms with Crippen molar-refractivity contribution in [1.29, 1.82) is 0 Å². The average molecular weight is 247 g/mol. The predicted octanol–water partition coefficient (Wildman–Crippen LogP) is 1.37. The lowest BCUT2D eigenvalue weighted by atomic mass is 10.1. The number of nitrogens with two attached hydrogens (primary N) is 1. The van der Waals surface area contributed by atoms with Crippen LogP contribution < -0.4 is 5.73 Å². The number of carboxylic acid groups (broad SMARTS) is 2. The van der Waals surface area contributed by atoms with Crippen LogP contribution in [-0.2, 0) is 9.59 Å². The van der Waals surface area contributed by atoms with Crippen molar-refractivity contribution in [3.63, 3.8) is 0 Å². The number of aliphatic hydroxyl groups is 1. The van der Waals surface area contributed by atoms with Gasteiger partial charge in [-0.1, -0.05) is 27.2 Å². The van der Waals surface area contributed by atoms with Crippen molar-refractivity contribution >= 4 is 11.9 Å². The third-order valence-corrected chi connectivity index (χ3v) is 1.85. The average Bonchev–Trinajstić information content (AvgIpc) is 2.25. The largest absolute Gasteiger partial charge is 0.502 e. The molecule has 0 aromatic rings. The van der Waals surface area contributed by atoms with E-state index in [0.29, 0.717) is 6.42 Å². The van der Waals surface area contributed by atoms with Gasteiger partial charge in [0.05, 0.1) is 0 Å². The van der Waals surface area contributed by atoms with Gasteiger partial charge in [-0.15, -0.1) is 0 Å². The zero-order chi connectivity index (χ0) is 14.0. The summed E-state index contributed by atoms with van der Waals surface area (Å²) in [6.45, 7) is 5.46. The molecule has 0 unspecified atom stereocenters. The molecule has 0 spiro atoms. The van der Waals surface area contributed by atoms with Crippen LogP contribution in [0.25, 0.3) is 0 Å². The van der Waals surface area contributed by atoms with Crippen LogP contribution in [0.2, 0.25) is 0 Å². The molecule has 0 aromatic carbocycles. The van der Waals surface area contributed by atoms with Gasteiger partial charge in [0.1, 0.15) is 6.04 Å². The van der Waals surface area contributed by atoms with Crippen molar-refractivity contribution in [1.82, 2.24) is 0 Å². The van der Waals surface area contributed by atoms with Crippen molar-refractivity contribution in [3.8, 4) is 0 Å². The molecule has 0 radical (unpaired) electrons. The van der Waals surface area contributed by atoms with Crippen LogP contribution in [0.1, 0.15) is 33.6 Å². The summed E-state index contributed by atoms with van der Waals surface area (Å²) in [6, 6.07) is -0.713. The summed E-state index contributed by atoms with van der Waals surface area (Å²) in [5.74, 6) is -2.73. The second-order valence-electron chi connectivity index (χ2n) is 3.79. The molecule has 0 aliphatic carbocycles. The fourth-order valence-electron chi connectivity index (χ4n) is 0.654. The molecule has 0 heterocycles. The number of allylic oxidation sites excluding steroid dienone is 1. The van der Waals surface area contributed by atoms with Crippen LogP contribution in [0.15, 0.2) is 11.8 Å². The van der Waals surface area contributed by atoms with E-state index < -0.39 is 23.7 Å². The molecule has 6 heteroatoms. The minimum atomic E-state index is -1.26. The molecule has 0 fully saturated rings. The second-order valence-corrected chi connectivity index (χ2v) is 3.79. The Morgan fingerprint density at radius 1 is 1.24 bits per heavy atom. The molecule has 0 rings (SSSR count). The molecule has 0 aromatic heterocycles. The maximum Gasteiger partial charge on any atom is 0.370 e. The minimum absolute atomic E-state index is 0.0208. The zero-order valence-corrected chi connectivity index (χ0v) is 10.4. The number of hydrogen-bond acceptors (Lipinski definition) is 4. The summed E-state index contributed by atoms with van der Waals surface area (Å²) in [6.07, 6.45) is 2.75. The van der Waals surface area contributed by atoms with Crippen LogP contribution in [0.4, 0.5) is 0 Å². The Morgan fingerprint density at radius 3 is 1.88 bits per heavy atom. The minimum Gasteiger partial charge on any atom is -0.502 e. The van der Waals surface area contributed by atoms with Crippen molar-refractivity contribution in [2.75, 3.05) is 0 Å². The van der Waals surface area contributed by atoms with Gasteiger partial charge in [-0.2, -0.15) is 0 Å². The third kappa shape index (κ3) is 10.7. The maximum atomic E-state index is 10.0. The molecule has 1 atom stereocenters. The van der Waals surface area contributed by atoms with E-state index >= 15 is 0 Å². The van der Waals surface area contributed by atoms with E-state index in [4.69, 9.17) is 21.1 Å². The number of aliphatic carboxylic acids is 2. The molecular weight excluding hydrogens is 226 g/mol. The van der Waals surface area contributed by atoms with Gasteiger partial charge in [0.15, 0.2) is 5.76 Å². The quantitative estimate of drug-likeness (QED) is 0.430. The van der Waals surface area contributed by atoms with E-state index in [2.05, 4.69) is 0 Å². The monoisotopic (exact) mass is 247 g/mol. The van der Waals surface area contributed by atoms with E-state index in [1.165, 1.54) is 6.08 Å². The lowest BCUT2D eigenvalue weighted by Crippen LogP contribution is -2.34. The summed E-state index contributed by atoms with van der Waals surface area (Å²) in [7, 11) is 0. The first-order chi connectivity index (χ1) is 7.73. The van der Waals surface area contributed by atoms with E-state index in [-0.39, 0.29) is 5.92 Å². The fourth-order valence-corrected chi connectivity index (χ4v) is 0.654. The van der Waals surface area contributed by atoms with E-state index in [0.717, 1.165) is 6.42 Å². The van der Waals surface area contributed by atoms with Gasteiger partial charge in [-0.25, -0.2) is 4.79 Å². The molecule has 0 saturated heterocycles. The second kappa shape index (κ2) is 9.65. The Bertz CT molecular complexity index is 273. The van der Waals surface area contributed by atoms with Crippen LogP contribution in [0.3, 0.4) is 0 Å². The molecule has 0 bridgehead atoms. The van der Waals surface area contributed by atoms with Gasteiger partial charge >= 0.3 is 11.9 Å². The Hall–Kier alpha value is -1.56. The van der Waals surface area contributed by atoms with Gasteiger partial charge in [-0.3, -0.25) is 4.79 Å². The van der Waals surface area contributed by atoms with Gasteiger partial charge in [0.25, 0.3) is 0 Å². The lowest BCUT2D eigenvalue weighted by molar-refractivity contribution is -0.139. The number of rotatable bonds is 5. The Labute approximate surface area is 101 Å². The molecule has 0 aliphatic heterocycles. The van der Waals surface area contributed by atoms with Crippen LogP contribution >= 0.6 is 0 Å². The van der Waals surface area contributed by atoms with Crippen LogP contribution in [-0.4, -0.2) is 33.3 Å². The van der Waals surface area contributed by atoms with Crippen LogP contribution in [0, 0.1) is 5.92 Å². The normalized spacial score (nSPS) is 12.6. The Balaban J connectivity index is 0. The number of hydrogen-bond donors (Lipinski definition) is 4. The highest BCUT2D eigenvalue weighted by atomic mass is 16.4. The smallest absolute Gasteiger partial charge is 0.370 e. The summed E-state index contributed by atoms with van der Waals surface area (Å²) >= 11 is 0. The van der Waals surface area contributed by atoms with E-state index in [1.807, 2.05) is 6.92 Å². The molecule has 17 heavy (non-hydrogen) atoms. The fraction of sp³-hybridized carbons (Fsp3) is 0.636. The molecule has 100 valence electrons. The summed E-state index contributed by atoms with van der Waals surface area (Å²) in [5, 5.41) is 24.8. The number of unbranched alkanes of at least 4 members (excludes halogenated alkanes) is 1. The van der Waals surface area contributed by atoms with Gasteiger partial charge in [0, 0.05) is 0 Å². The van der Waals surface area contributed by atoms with Gasteiger partial charge < -0.3 is 21.1 Å². The Kier molecular flexibility index (Phi) is 10.1. The first-order valence-corrected chi connectivity index (χ1v) is 5.34. The first kappa shape index (κ1) is 17.8. The SMILES string of the molecule is CC(C)[C@H](N)C(=O)O.CCC/C=C(\O)C(=O)O. The van der Waals surface area contributed by atoms with Crippen molar-refractivity contribution in [2.24, 2.45) is 11.7 Å². The molecule has 6 nitrogen and oxygen atoms in total. The van der Waals surface area contributed by atoms with Gasteiger partial charge in [0.2, 0.25) is 0 Å². The van der Waals surface area contributed by atoms with Crippen molar-refractivity contribution in [3.05, 3.63) is 11.8 Å². The predicted molar refractivity (Wildman–Crippen MR) is 63.7 cm³/mol. The van der Waals surface area contributed by atoms with Crippen molar-refractivity contribution < 1.29 is 24.9 Å². The zero-order valence-electron chi connectivity index (χ0n) is 10.4. The number of aliphatic hydroxyl groups excluding tert-OH is 1. The van der Waals surface area contributed by atoms with E-state index in [1.54, 1.807) is 13.8 Å². The molecule has 0 saturated carbocycles.